The minimum atomic E-state index is -4.41. The van der Waals surface area contributed by atoms with E-state index in [1.165, 1.54) is 18.1 Å². The summed E-state index contributed by atoms with van der Waals surface area (Å²) in [7, 11) is -2.87. The van der Waals surface area contributed by atoms with Crippen LogP contribution >= 0.6 is 0 Å². The van der Waals surface area contributed by atoms with Crippen LogP contribution < -0.4 is 15.2 Å². The molecule has 0 saturated carbocycles. The smallest absolute Gasteiger partial charge is 0.245 e. The number of primary sulfonamides is 1. The fraction of sp³-hybridized carbons (Fsp3) is 0.353. The molecule has 1 fully saturated rings. The zero-order valence-electron chi connectivity index (χ0n) is 15.4. The lowest BCUT2D eigenvalue weighted by atomic mass is 10.1. The molecule has 1 aliphatic rings. The van der Waals surface area contributed by atoms with Gasteiger partial charge in [0.2, 0.25) is 15.9 Å². The lowest BCUT2D eigenvalue weighted by Crippen LogP contribution is -2.34. The average molecular weight is 424 g/mol. The Morgan fingerprint density at radius 1 is 1.17 bits per heavy atom. The van der Waals surface area contributed by atoms with E-state index >= 15 is 0 Å². The Morgan fingerprint density at radius 3 is 2.59 bits per heavy atom. The third-order valence-corrected chi connectivity index (χ3v) is 5.66. The van der Waals surface area contributed by atoms with Crippen molar-refractivity contribution < 1.29 is 21.9 Å². The molecule has 29 heavy (non-hydrogen) atoms. The molecular formula is C17H18F2N6O3S. The van der Waals surface area contributed by atoms with Crippen LogP contribution in [0, 0.1) is 11.6 Å². The second-order valence-corrected chi connectivity index (χ2v) is 8.25. The van der Waals surface area contributed by atoms with E-state index in [9.17, 15) is 17.2 Å². The van der Waals surface area contributed by atoms with Crippen molar-refractivity contribution in [2.75, 3.05) is 13.1 Å². The molecule has 0 bridgehead atoms. The van der Waals surface area contributed by atoms with Gasteiger partial charge in [0.25, 0.3) is 0 Å². The Hall–Kier alpha value is -2.70. The van der Waals surface area contributed by atoms with Gasteiger partial charge in [-0.2, -0.15) is 10.1 Å². The monoisotopic (exact) mass is 424 g/mol. The molecule has 9 nitrogen and oxygen atoms in total. The second-order valence-electron chi connectivity index (χ2n) is 6.72. The molecule has 4 rings (SSSR count). The van der Waals surface area contributed by atoms with E-state index in [-0.39, 0.29) is 28.8 Å². The predicted octanol–water partition coefficient (Wildman–Crippen LogP) is 1.09. The molecule has 0 spiro atoms. The lowest BCUT2D eigenvalue weighted by molar-refractivity contribution is 0.157. The van der Waals surface area contributed by atoms with Crippen molar-refractivity contribution in [3.05, 3.63) is 30.1 Å². The number of nitrogens with two attached hydrogens (primary N) is 1. The van der Waals surface area contributed by atoms with Crippen molar-refractivity contribution in [2.24, 2.45) is 12.2 Å². The normalized spacial score (nSPS) is 15.7. The molecule has 0 unspecified atom stereocenters. The summed E-state index contributed by atoms with van der Waals surface area (Å²) < 4.78 is 59.2. The lowest BCUT2D eigenvalue weighted by Gasteiger charge is -2.23. The highest BCUT2D eigenvalue weighted by Crippen LogP contribution is 2.34. The quantitative estimate of drug-likeness (QED) is 0.642. The largest absolute Gasteiger partial charge is 0.473 e. The molecule has 0 amide bonds. The van der Waals surface area contributed by atoms with Gasteiger partial charge in [0.1, 0.15) is 34.5 Å². The SMILES string of the molecule is Cn1nc2c(OC3CCNCC3)ncnc2c1-c1cc(F)c(S(N)(=O)=O)cc1F. The Labute approximate surface area is 164 Å². The van der Waals surface area contributed by atoms with Crippen LogP contribution in [0.2, 0.25) is 0 Å². The highest BCUT2D eigenvalue weighted by Gasteiger charge is 2.25. The van der Waals surface area contributed by atoms with Gasteiger partial charge in [-0.15, -0.1) is 0 Å². The fourth-order valence-electron chi connectivity index (χ4n) is 3.37. The first-order chi connectivity index (χ1) is 13.8. The van der Waals surface area contributed by atoms with Gasteiger partial charge in [-0.3, -0.25) is 4.68 Å². The molecule has 2 aromatic heterocycles. The van der Waals surface area contributed by atoms with Gasteiger partial charge >= 0.3 is 0 Å². The van der Waals surface area contributed by atoms with Gasteiger partial charge in [0.15, 0.2) is 5.52 Å². The summed E-state index contributed by atoms with van der Waals surface area (Å²) in [5, 5.41) is 12.5. The number of benzene rings is 1. The third-order valence-electron chi connectivity index (χ3n) is 4.73. The summed E-state index contributed by atoms with van der Waals surface area (Å²) in [4.78, 5) is 7.38. The van der Waals surface area contributed by atoms with E-state index in [2.05, 4.69) is 20.4 Å². The van der Waals surface area contributed by atoms with Crippen molar-refractivity contribution in [3.63, 3.8) is 0 Å². The molecule has 1 aromatic carbocycles. The van der Waals surface area contributed by atoms with Crippen LogP contribution in [-0.2, 0) is 17.1 Å². The van der Waals surface area contributed by atoms with Crippen LogP contribution in [0.5, 0.6) is 5.88 Å². The number of rotatable bonds is 4. The topological polar surface area (TPSA) is 125 Å². The number of nitrogens with zero attached hydrogens (tertiary/aromatic N) is 4. The van der Waals surface area contributed by atoms with Crippen LogP contribution in [0.3, 0.4) is 0 Å². The van der Waals surface area contributed by atoms with Gasteiger partial charge in [0.05, 0.1) is 5.69 Å². The van der Waals surface area contributed by atoms with Gasteiger partial charge in [-0.1, -0.05) is 0 Å². The fourth-order valence-corrected chi connectivity index (χ4v) is 3.97. The van der Waals surface area contributed by atoms with Gasteiger partial charge in [0, 0.05) is 12.6 Å². The van der Waals surface area contributed by atoms with E-state index in [4.69, 9.17) is 9.88 Å². The Balaban J connectivity index is 1.82. The third kappa shape index (κ3) is 3.66. The number of ether oxygens (including phenoxy) is 1. The van der Waals surface area contributed by atoms with Crippen LogP contribution in [0.1, 0.15) is 12.8 Å². The van der Waals surface area contributed by atoms with Crippen molar-refractivity contribution in [1.82, 2.24) is 25.1 Å². The van der Waals surface area contributed by atoms with Crippen LogP contribution in [0.15, 0.2) is 23.4 Å². The molecule has 3 heterocycles. The van der Waals surface area contributed by atoms with E-state index in [1.54, 1.807) is 0 Å². The van der Waals surface area contributed by atoms with Crippen LogP contribution in [0.25, 0.3) is 22.3 Å². The van der Waals surface area contributed by atoms with Crippen LogP contribution in [0.4, 0.5) is 8.78 Å². The van der Waals surface area contributed by atoms with Gasteiger partial charge in [-0.25, -0.2) is 27.3 Å². The number of hydrogen-bond acceptors (Lipinski definition) is 7. The molecule has 3 aromatic rings. The number of sulfonamides is 1. The maximum Gasteiger partial charge on any atom is 0.245 e. The number of piperidine rings is 1. The number of aryl methyl sites for hydroxylation is 1. The molecule has 0 aliphatic carbocycles. The first kappa shape index (κ1) is 19.6. The average Bonchev–Trinajstić information content (AvgIpc) is 3.00. The Kier molecular flexibility index (Phi) is 4.92. The Morgan fingerprint density at radius 2 is 1.90 bits per heavy atom. The number of halogens is 2. The summed E-state index contributed by atoms with van der Waals surface area (Å²) in [5.74, 6) is -1.89. The standard InChI is InChI=1S/C17H18F2N6O3S/c1-25-16(10-6-12(19)13(7-11(10)18)29(20,26)27)14-15(24-25)17(23-8-22-14)28-9-2-4-21-5-3-9/h6-9,21H,2-5H2,1H3,(H2,20,26,27). The Bertz CT molecular complexity index is 1190. The molecule has 12 heteroatoms. The molecular weight excluding hydrogens is 406 g/mol. The maximum absolute atomic E-state index is 14.7. The molecule has 154 valence electrons. The van der Waals surface area contributed by atoms with E-state index in [0.717, 1.165) is 32.0 Å². The number of nitrogens with one attached hydrogen (secondary N) is 1. The van der Waals surface area contributed by atoms with E-state index in [1.807, 2.05) is 0 Å². The highest BCUT2D eigenvalue weighted by molar-refractivity contribution is 7.89. The van der Waals surface area contributed by atoms with Gasteiger partial charge in [-0.05, 0) is 38.1 Å². The summed E-state index contributed by atoms with van der Waals surface area (Å²) in [5.41, 5.74) is 0.522. The predicted molar refractivity (Wildman–Crippen MR) is 99.5 cm³/mol. The van der Waals surface area contributed by atoms with Crippen molar-refractivity contribution >= 4 is 21.1 Å². The summed E-state index contributed by atoms with van der Waals surface area (Å²) in [6.45, 7) is 1.65. The molecule has 1 aliphatic heterocycles. The number of hydrogen-bond donors (Lipinski definition) is 2. The summed E-state index contributed by atoms with van der Waals surface area (Å²) in [6.07, 6.45) is 2.83. The summed E-state index contributed by atoms with van der Waals surface area (Å²) in [6, 6.07) is 1.31. The first-order valence-corrected chi connectivity index (χ1v) is 10.4. The van der Waals surface area contributed by atoms with E-state index < -0.39 is 26.6 Å². The second kappa shape index (κ2) is 7.28. The molecule has 0 atom stereocenters. The van der Waals surface area contributed by atoms with Crippen molar-refractivity contribution in [1.29, 1.82) is 0 Å². The zero-order chi connectivity index (χ0) is 20.8. The number of fused-ring (bicyclic) bond motifs is 1. The number of aromatic nitrogens is 4. The van der Waals surface area contributed by atoms with E-state index in [0.29, 0.717) is 11.6 Å². The van der Waals surface area contributed by atoms with Gasteiger partial charge < -0.3 is 10.1 Å². The molecule has 0 radical (unpaired) electrons. The highest BCUT2D eigenvalue weighted by atomic mass is 32.2. The summed E-state index contributed by atoms with van der Waals surface area (Å²) >= 11 is 0. The minimum absolute atomic E-state index is 0.0389. The van der Waals surface area contributed by atoms with Crippen LogP contribution in [-0.4, -0.2) is 47.4 Å². The maximum atomic E-state index is 14.7. The minimum Gasteiger partial charge on any atom is -0.473 e. The first-order valence-electron chi connectivity index (χ1n) is 8.83. The van der Waals surface area contributed by atoms with Crippen molar-refractivity contribution in [2.45, 2.75) is 23.8 Å². The molecule has 3 N–H and O–H groups in total. The molecule has 1 saturated heterocycles. The zero-order valence-corrected chi connectivity index (χ0v) is 16.2. The van der Waals surface area contributed by atoms with Crippen molar-refractivity contribution in [3.8, 4) is 17.1 Å².